The number of nitrogens with zero attached hydrogens (tertiary/aromatic N) is 3. The molecule has 11 heteroatoms. The normalized spacial score (nSPS) is 11.2. The maximum atomic E-state index is 12.4. The number of hydrogen-bond acceptors (Lipinski definition) is 7. The molecule has 8 nitrogen and oxygen atoms in total. The van der Waals surface area contributed by atoms with Crippen molar-refractivity contribution in [3.63, 3.8) is 0 Å². The first-order valence-electron chi connectivity index (χ1n) is 8.51. The van der Waals surface area contributed by atoms with Gasteiger partial charge in [0.1, 0.15) is 0 Å². The van der Waals surface area contributed by atoms with Crippen molar-refractivity contribution in [2.24, 2.45) is 0 Å². The monoisotopic (exact) mass is 451 g/mol. The van der Waals surface area contributed by atoms with Crippen LogP contribution in [0.5, 0.6) is 0 Å². The van der Waals surface area contributed by atoms with E-state index >= 15 is 0 Å². The van der Waals surface area contributed by atoms with Crippen LogP contribution in [0.4, 0.5) is 10.8 Å². The molecule has 0 atom stereocenters. The van der Waals surface area contributed by atoms with Crippen molar-refractivity contribution in [3.05, 3.63) is 65.2 Å². The van der Waals surface area contributed by atoms with Crippen LogP contribution in [0.2, 0.25) is 5.02 Å². The third-order valence-corrected chi connectivity index (χ3v) is 6.82. The van der Waals surface area contributed by atoms with Crippen molar-refractivity contribution in [2.45, 2.75) is 4.34 Å². The second-order valence-electron chi connectivity index (χ2n) is 5.99. The van der Waals surface area contributed by atoms with E-state index in [0.29, 0.717) is 17.1 Å². The molecule has 0 aliphatic heterocycles. The van der Waals surface area contributed by atoms with Crippen molar-refractivity contribution in [3.8, 4) is 0 Å². The quantitative estimate of drug-likeness (QED) is 0.510. The van der Waals surface area contributed by atoms with Crippen molar-refractivity contribution in [2.75, 3.05) is 30.4 Å². The minimum atomic E-state index is -3.82. The van der Waals surface area contributed by atoms with Crippen LogP contribution in [0.25, 0.3) is 0 Å². The number of hydrogen-bond donors (Lipinski definition) is 2. The number of aromatic nitrogens is 2. The molecule has 0 saturated carbocycles. The Labute approximate surface area is 177 Å². The Kier molecular flexibility index (Phi) is 6.80. The van der Waals surface area contributed by atoms with E-state index in [2.05, 4.69) is 20.2 Å². The second kappa shape index (κ2) is 9.31. The van der Waals surface area contributed by atoms with Gasteiger partial charge in [-0.05, 0) is 36.4 Å². The highest BCUT2D eigenvalue weighted by Gasteiger charge is 2.21. The van der Waals surface area contributed by atoms with E-state index in [0.717, 1.165) is 17.0 Å². The number of rotatable bonds is 8. The smallest absolute Gasteiger partial charge is 0.269 e. The largest absolute Gasteiger partial charge is 0.373 e. The van der Waals surface area contributed by atoms with Gasteiger partial charge in [0.05, 0.1) is 0 Å². The molecular weight excluding hydrogens is 434 g/mol. The fraction of sp³-hybridized carbons (Fsp3) is 0.167. The van der Waals surface area contributed by atoms with Crippen LogP contribution < -0.4 is 14.9 Å². The SMILES string of the molecule is CN(CCNS(=O)(=O)c1nnc(NC(=O)c2ccc(Cl)cc2)s1)c1ccccc1. The predicted octanol–water partition coefficient (Wildman–Crippen LogP) is 2.86. The van der Waals surface area contributed by atoms with E-state index < -0.39 is 15.9 Å². The van der Waals surface area contributed by atoms with E-state index in [1.54, 1.807) is 24.3 Å². The Morgan fingerprint density at radius 2 is 1.79 bits per heavy atom. The molecule has 0 fully saturated rings. The van der Waals surface area contributed by atoms with Crippen LogP contribution in [-0.4, -0.2) is 44.7 Å². The van der Waals surface area contributed by atoms with Gasteiger partial charge < -0.3 is 4.90 Å². The van der Waals surface area contributed by atoms with Gasteiger partial charge in [0, 0.05) is 36.4 Å². The average Bonchev–Trinajstić information content (AvgIpc) is 3.18. The van der Waals surface area contributed by atoms with E-state index in [-0.39, 0.29) is 16.0 Å². The summed E-state index contributed by atoms with van der Waals surface area (Å²) >= 11 is 6.57. The minimum absolute atomic E-state index is 0.0896. The average molecular weight is 452 g/mol. The lowest BCUT2D eigenvalue weighted by Crippen LogP contribution is -2.33. The van der Waals surface area contributed by atoms with Crippen LogP contribution in [-0.2, 0) is 10.0 Å². The third-order valence-electron chi connectivity index (χ3n) is 3.90. The van der Waals surface area contributed by atoms with Gasteiger partial charge in [-0.1, -0.05) is 41.1 Å². The number of likely N-dealkylation sites (N-methyl/N-ethyl adjacent to an activating group) is 1. The first-order valence-corrected chi connectivity index (χ1v) is 11.2. The number of halogens is 1. The predicted molar refractivity (Wildman–Crippen MR) is 114 cm³/mol. The number of sulfonamides is 1. The standard InChI is InChI=1S/C18H18ClN5O3S2/c1-24(15-5-3-2-4-6-15)12-11-20-29(26,27)18-23-22-17(28-18)21-16(25)13-7-9-14(19)10-8-13/h2-10,20H,11-12H2,1H3,(H,21,22,25). The summed E-state index contributed by atoms with van der Waals surface area (Å²) in [5.41, 5.74) is 1.35. The van der Waals surface area contributed by atoms with E-state index in [1.807, 2.05) is 42.3 Å². The lowest BCUT2D eigenvalue weighted by molar-refractivity contribution is 0.102. The number of carbonyl (C=O) groups excluding carboxylic acids is 1. The highest BCUT2D eigenvalue weighted by molar-refractivity contribution is 7.91. The molecule has 2 aromatic carbocycles. The zero-order valence-electron chi connectivity index (χ0n) is 15.4. The van der Waals surface area contributed by atoms with Crippen LogP contribution in [0.15, 0.2) is 58.9 Å². The molecule has 29 heavy (non-hydrogen) atoms. The Balaban J connectivity index is 1.57. The lowest BCUT2D eigenvalue weighted by Gasteiger charge is -2.19. The van der Waals surface area contributed by atoms with Gasteiger partial charge in [-0.15, -0.1) is 10.2 Å². The summed E-state index contributed by atoms with van der Waals surface area (Å²) < 4.78 is 27.1. The first kappa shape index (κ1) is 21.2. The van der Waals surface area contributed by atoms with E-state index in [4.69, 9.17) is 11.6 Å². The lowest BCUT2D eigenvalue weighted by atomic mass is 10.2. The van der Waals surface area contributed by atoms with E-state index in [1.165, 1.54) is 0 Å². The molecule has 1 heterocycles. The van der Waals surface area contributed by atoms with Crippen molar-refractivity contribution < 1.29 is 13.2 Å². The highest BCUT2D eigenvalue weighted by atomic mass is 35.5. The molecule has 0 aliphatic carbocycles. The summed E-state index contributed by atoms with van der Waals surface area (Å²) in [6.07, 6.45) is 0. The minimum Gasteiger partial charge on any atom is -0.373 e. The molecule has 1 amide bonds. The topological polar surface area (TPSA) is 104 Å². The number of anilines is 2. The van der Waals surface area contributed by atoms with Gasteiger partial charge in [0.25, 0.3) is 15.9 Å². The Morgan fingerprint density at radius 1 is 1.10 bits per heavy atom. The number of amides is 1. The molecular formula is C18H18ClN5O3S2. The second-order valence-corrected chi connectivity index (χ2v) is 9.34. The summed E-state index contributed by atoms with van der Waals surface area (Å²) in [4.78, 5) is 14.1. The number of nitrogens with one attached hydrogen (secondary N) is 2. The first-order chi connectivity index (χ1) is 13.8. The van der Waals surface area contributed by atoms with Crippen LogP contribution >= 0.6 is 22.9 Å². The van der Waals surface area contributed by atoms with Crippen molar-refractivity contribution in [1.29, 1.82) is 0 Å². The molecule has 3 aromatic rings. The number of para-hydroxylation sites is 1. The molecule has 0 unspecified atom stereocenters. The van der Waals surface area contributed by atoms with Crippen molar-refractivity contribution in [1.82, 2.24) is 14.9 Å². The summed E-state index contributed by atoms with van der Waals surface area (Å²) in [7, 11) is -1.95. The fourth-order valence-electron chi connectivity index (χ4n) is 2.36. The molecule has 0 bridgehead atoms. The molecule has 0 aliphatic rings. The number of carbonyl (C=O) groups is 1. The maximum absolute atomic E-state index is 12.4. The molecule has 3 rings (SSSR count). The van der Waals surface area contributed by atoms with Crippen LogP contribution in [0.3, 0.4) is 0 Å². The fourth-order valence-corrected chi connectivity index (χ4v) is 4.44. The number of benzene rings is 2. The molecule has 2 N–H and O–H groups in total. The molecule has 152 valence electrons. The van der Waals surface area contributed by atoms with Crippen LogP contribution in [0, 0.1) is 0 Å². The zero-order valence-corrected chi connectivity index (χ0v) is 17.8. The Bertz CT molecular complexity index is 1070. The van der Waals surface area contributed by atoms with Gasteiger partial charge in [0.15, 0.2) is 0 Å². The molecule has 0 saturated heterocycles. The summed E-state index contributed by atoms with van der Waals surface area (Å²) in [5.74, 6) is -0.431. The Morgan fingerprint density at radius 3 is 2.48 bits per heavy atom. The highest BCUT2D eigenvalue weighted by Crippen LogP contribution is 2.21. The van der Waals surface area contributed by atoms with Gasteiger partial charge >= 0.3 is 0 Å². The van der Waals surface area contributed by atoms with E-state index in [9.17, 15) is 13.2 Å². The molecule has 0 spiro atoms. The Hall–Kier alpha value is -2.53. The van der Waals surface area contributed by atoms with Gasteiger partial charge in [-0.2, -0.15) is 0 Å². The van der Waals surface area contributed by atoms with Crippen LogP contribution in [0.1, 0.15) is 10.4 Å². The van der Waals surface area contributed by atoms with Gasteiger partial charge in [-0.3, -0.25) is 10.1 Å². The zero-order chi connectivity index (χ0) is 20.9. The molecule has 1 aromatic heterocycles. The maximum Gasteiger partial charge on any atom is 0.269 e. The third kappa shape index (κ3) is 5.73. The van der Waals surface area contributed by atoms with Crippen molar-refractivity contribution >= 4 is 49.7 Å². The van der Waals surface area contributed by atoms with Gasteiger partial charge in [-0.25, -0.2) is 13.1 Å². The summed E-state index contributed by atoms with van der Waals surface area (Å²) in [5, 5.41) is 10.5. The molecule has 0 radical (unpaired) electrons. The van der Waals surface area contributed by atoms with Gasteiger partial charge in [0.2, 0.25) is 9.47 Å². The summed E-state index contributed by atoms with van der Waals surface area (Å²) in [6.45, 7) is 0.669. The summed E-state index contributed by atoms with van der Waals surface area (Å²) in [6, 6.07) is 15.9.